The zero-order valence-electron chi connectivity index (χ0n) is 9.11. The first-order chi connectivity index (χ1) is 8.42. The van der Waals surface area contributed by atoms with E-state index in [0.29, 0.717) is 12.5 Å². The number of hydrogen-bond donors (Lipinski definition) is 1. The lowest BCUT2D eigenvalue weighted by atomic mass is 10.5. The fourth-order valence-electron chi connectivity index (χ4n) is 1.63. The topological polar surface area (TPSA) is 55.1 Å². The number of nitrogens with one attached hydrogen (secondary N) is 1. The summed E-state index contributed by atoms with van der Waals surface area (Å²) in [5, 5.41) is 3.12. The lowest BCUT2D eigenvalue weighted by molar-refractivity contribution is 1.02. The molecule has 0 aliphatic heterocycles. The third-order valence-electron chi connectivity index (χ3n) is 2.41. The minimum Gasteiger partial charge on any atom is -0.349 e. The summed E-state index contributed by atoms with van der Waals surface area (Å²) in [7, 11) is 0. The summed E-state index contributed by atoms with van der Waals surface area (Å²) in [5.41, 5.74) is 1.90. The van der Waals surface area contributed by atoms with Crippen molar-refractivity contribution in [2.75, 3.05) is 5.32 Å². The molecule has 0 unspecified atom stereocenters. The number of nitrogens with zero attached hydrogens (tertiary/aromatic N) is 4. The molecule has 0 radical (unpaired) electrons. The highest BCUT2D eigenvalue weighted by molar-refractivity contribution is 5.40. The van der Waals surface area contributed by atoms with Crippen LogP contribution in [0.5, 0.6) is 0 Å². The average Bonchev–Trinajstić information content (AvgIpc) is 2.80. The van der Waals surface area contributed by atoms with Crippen molar-refractivity contribution in [2.24, 2.45) is 0 Å². The van der Waals surface area contributed by atoms with Crippen LogP contribution in [0.4, 0.5) is 5.95 Å². The molecule has 0 aromatic carbocycles. The normalized spacial score (nSPS) is 10.6. The van der Waals surface area contributed by atoms with E-state index in [-0.39, 0.29) is 0 Å². The van der Waals surface area contributed by atoms with Crippen molar-refractivity contribution >= 4 is 11.6 Å². The maximum Gasteiger partial charge on any atom is 0.222 e. The van der Waals surface area contributed by atoms with Crippen LogP contribution in [0.3, 0.4) is 0 Å². The van der Waals surface area contributed by atoms with Crippen LogP contribution >= 0.6 is 0 Å². The number of imidazole rings is 1. The predicted molar refractivity (Wildman–Crippen MR) is 64.6 cm³/mol. The zero-order chi connectivity index (χ0) is 11.5. The molecule has 0 saturated heterocycles. The Labute approximate surface area is 98.2 Å². The number of hydrogen-bond acceptors (Lipinski definition) is 4. The van der Waals surface area contributed by atoms with Crippen molar-refractivity contribution in [1.29, 1.82) is 0 Å². The van der Waals surface area contributed by atoms with E-state index >= 15 is 0 Å². The van der Waals surface area contributed by atoms with E-state index in [9.17, 15) is 0 Å². The van der Waals surface area contributed by atoms with Crippen LogP contribution < -0.4 is 5.32 Å². The van der Waals surface area contributed by atoms with Gasteiger partial charge in [-0.2, -0.15) is 0 Å². The van der Waals surface area contributed by atoms with Gasteiger partial charge in [-0.1, -0.05) is 6.07 Å². The second-order valence-corrected chi connectivity index (χ2v) is 3.62. The Morgan fingerprint density at radius 1 is 1.12 bits per heavy atom. The summed E-state index contributed by atoms with van der Waals surface area (Å²) in [6.45, 7) is 0.617. The van der Waals surface area contributed by atoms with Crippen molar-refractivity contribution in [3.8, 4) is 0 Å². The molecule has 0 aliphatic carbocycles. The summed E-state index contributed by atoms with van der Waals surface area (Å²) in [5.74, 6) is 0.615. The van der Waals surface area contributed by atoms with E-state index in [4.69, 9.17) is 0 Å². The molecule has 0 atom stereocenters. The number of aromatic nitrogens is 4. The summed E-state index contributed by atoms with van der Waals surface area (Å²) in [6.07, 6.45) is 7.38. The maximum absolute atomic E-state index is 4.47. The van der Waals surface area contributed by atoms with Gasteiger partial charge in [0.15, 0.2) is 0 Å². The SMILES string of the molecule is c1cnc(NCc2cn3ccccc3n2)nc1. The van der Waals surface area contributed by atoms with Crippen molar-refractivity contribution in [2.45, 2.75) is 6.54 Å². The van der Waals surface area contributed by atoms with Gasteiger partial charge in [-0.3, -0.25) is 0 Å². The Balaban J connectivity index is 1.77. The molecule has 84 valence electrons. The van der Waals surface area contributed by atoms with Gasteiger partial charge in [0.2, 0.25) is 5.95 Å². The van der Waals surface area contributed by atoms with Gasteiger partial charge in [0.05, 0.1) is 12.2 Å². The number of fused-ring (bicyclic) bond motifs is 1. The minimum atomic E-state index is 0.615. The summed E-state index contributed by atoms with van der Waals surface area (Å²) in [6, 6.07) is 7.71. The molecular weight excluding hydrogens is 214 g/mol. The van der Waals surface area contributed by atoms with E-state index in [1.165, 1.54) is 0 Å². The number of rotatable bonds is 3. The molecular formula is C12H11N5. The summed E-state index contributed by atoms with van der Waals surface area (Å²) in [4.78, 5) is 12.7. The van der Waals surface area contributed by atoms with Crippen molar-refractivity contribution in [3.63, 3.8) is 0 Å². The van der Waals surface area contributed by atoms with Crippen LogP contribution in [0.15, 0.2) is 49.1 Å². The molecule has 0 bridgehead atoms. The molecule has 0 spiro atoms. The second-order valence-electron chi connectivity index (χ2n) is 3.62. The summed E-state index contributed by atoms with van der Waals surface area (Å²) < 4.78 is 1.99. The molecule has 5 heteroatoms. The standard InChI is InChI=1S/C12H11N5/c1-2-7-17-9-10(16-11(17)4-1)8-15-12-13-5-3-6-14-12/h1-7,9H,8H2,(H,13,14,15). The van der Waals surface area contributed by atoms with Crippen LogP contribution in [0, 0.1) is 0 Å². The predicted octanol–water partition coefficient (Wildman–Crippen LogP) is 1.74. The molecule has 3 rings (SSSR count). The van der Waals surface area contributed by atoms with E-state index in [1.54, 1.807) is 18.5 Å². The maximum atomic E-state index is 4.47. The van der Waals surface area contributed by atoms with Gasteiger partial charge in [0.25, 0.3) is 0 Å². The minimum absolute atomic E-state index is 0.615. The van der Waals surface area contributed by atoms with Crippen LogP contribution in [0.2, 0.25) is 0 Å². The molecule has 1 N–H and O–H groups in total. The number of anilines is 1. The average molecular weight is 225 g/mol. The Bertz CT molecular complexity index is 584. The van der Waals surface area contributed by atoms with Crippen molar-refractivity contribution in [1.82, 2.24) is 19.4 Å². The van der Waals surface area contributed by atoms with Crippen LogP contribution in [-0.4, -0.2) is 19.4 Å². The largest absolute Gasteiger partial charge is 0.349 e. The Kier molecular flexibility index (Phi) is 2.42. The highest BCUT2D eigenvalue weighted by Gasteiger charge is 2.01. The highest BCUT2D eigenvalue weighted by atomic mass is 15.1. The quantitative estimate of drug-likeness (QED) is 0.737. The monoisotopic (exact) mass is 225 g/mol. The zero-order valence-corrected chi connectivity index (χ0v) is 9.11. The molecule has 0 fully saturated rings. The van der Waals surface area contributed by atoms with Crippen LogP contribution in [-0.2, 0) is 6.54 Å². The fourth-order valence-corrected chi connectivity index (χ4v) is 1.63. The molecule has 5 nitrogen and oxygen atoms in total. The molecule has 3 heterocycles. The van der Waals surface area contributed by atoms with Crippen molar-refractivity contribution in [3.05, 3.63) is 54.7 Å². The van der Waals surface area contributed by atoms with Gasteiger partial charge in [-0.15, -0.1) is 0 Å². The smallest absolute Gasteiger partial charge is 0.222 e. The first-order valence-corrected chi connectivity index (χ1v) is 5.35. The van der Waals surface area contributed by atoms with Gasteiger partial charge >= 0.3 is 0 Å². The van der Waals surface area contributed by atoms with Crippen LogP contribution in [0.1, 0.15) is 5.69 Å². The van der Waals surface area contributed by atoms with E-state index in [2.05, 4.69) is 20.3 Å². The highest BCUT2D eigenvalue weighted by Crippen LogP contribution is 2.05. The van der Waals surface area contributed by atoms with Gasteiger partial charge in [0, 0.05) is 24.8 Å². The number of pyridine rings is 1. The summed E-state index contributed by atoms with van der Waals surface area (Å²) >= 11 is 0. The first-order valence-electron chi connectivity index (χ1n) is 5.35. The molecule has 0 aliphatic rings. The van der Waals surface area contributed by atoms with E-state index in [1.807, 2.05) is 35.0 Å². The molecule has 3 aromatic rings. The van der Waals surface area contributed by atoms with E-state index < -0.39 is 0 Å². The Hall–Kier alpha value is -2.43. The third-order valence-corrected chi connectivity index (χ3v) is 2.41. The van der Waals surface area contributed by atoms with Gasteiger partial charge in [0.1, 0.15) is 5.65 Å². The van der Waals surface area contributed by atoms with Gasteiger partial charge in [-0.25, -0.2) is 15.0 Å². The molecule has 0 saturated carbocycles. The van der Waals surface area contributed by atoms with E-state index in [0.717, 1.165) is 11.3 Å². The molecule has 17 heavy (non-hydrogen) atoms. The van der Waals surface area contributed by atoms with Crippen LogP contribution in [0.25, 0.3) is 5.65 Å². The second kappa shape index (κ2) is 4.21. The van der Waals surface area contributed by atoms with Crippen molar-refractivity contribution < 1.29 is 0 Å². The third kappa shape index (κ3) is 2.08. The Morgan fingerprint density at radius 3 is 2.82 bits per heavy atom. The first kappa shape index (κ1) is 9.77. The fraction of sp³-hybridized carbons (Fsp3) is 0.0833. The Morgan fingerprint density at radius 2 is 2.00 bits per heavy atom. The van der Waals surface area contributed by atoms with Gasteiger partial charge < -0.3 is 9.72 Å². The van der Waals surface area contributed by atoms with Gasteiger partial charge in [-0.05, 0) is 18.2 Å². The lowest BCUT2D eigenvalue weighted by Crippen LogP contribution is -2.02. The molecule has 0 amide bonds. The lowest BCUT2D eigenvalue weighted by Gasteiger charge is -1.99. The molecule has 3 aromatic heterocycles.